The number of nitrogens with one attached hydrogen (secondary N) is 1. The zero-order valence-corrected chi connectivity index (χ0v) is 15.1. The fourth-order valence-corrected chi connectivity index (χ4v) is 2.80. The van der Waals surface area contributed by atoms with Crippen LogP contribution in [0.3, 0.4) is 0 Å². The molecule has 0 aliphatic rings. The lowest BCUT2D eigenvalue weighted by atomic mass is 10.1. The molecule has 0 unspecified atom stereocenters. The largest absolute Gasteiger partial charge is 0.380 e. The van der Waals surface area contributed by atoms with Crippen LogP contribution in [0, 0.1) is 0 Å². The first kappa shape index (κ1) is 18.6. The molecule has 3 N–H and O–H groups in total. The standard InChI is InChI=1S/C18H21Cl2N3O/c1-24-12-14-5-2-3-7-17(14)23-18(21)22-10-4-6-13-8-9-15(19)11-16(13)20/h2-3,5,7-9,11H,4,6,10,12H2,1H3,(H3,21,22,23). The first-order valence-corrected chi connectivity index (χ1v) is 8.43. The Hall–Kier alpha value is -1.75. The lowest BCUT2D eigenvalue weighted by Gasteiger charge is -2.11. The van der Waals surface area contributed by atoms with Crippen LogP contribution in [-0.4, -0.2) is 19.6 Å². The van der Waals surface area contributed by atoms with E-state index >= 15 is 0 Å². The van der Waals surface area contributed by atoms with Gasteiger partial charge in [-0.05, 0) is 36.6 Å². The number of para-hydroxylation sites is 1. The van der Waals surface area contributed by atoms with Gasteiger partial charge in [0.15, 0.2) is 5.96 Å². The number of benzene rings is 2. The highest BCUT2D eigenvalue weighted by Gasteiger charge is 2.03. The fourth-order valence-electron chi connectivity index (χ4n) is 2.29. The molecule has 0 spiro atoms. The van der Waals surface area contributed by atoms with Crippen LogP contribution in [0.4, 0.5) is 5.69 Å². The van der Waals surface area contributed by atoms with Crippen molar-refractivity contribution in [3.63, 3.8) is 0 Å². The van der Waals surface area contributed by atoms with Gasteiger partial charge < -0.3 is 15.8 Å². The van der Waals surface area contributed by atoms with Crippen LogP contribution in [0.5, 0.6) is 0 Å². The highest BCUT2D eigenvalue weighted by molar-refractivity contribution is 6.35. The first-order chi connectivity index (χ1) is 11.6. The number of nitrogens with zero attached hydrogens (tertiary/aromatic N) is 1. The van der Waals surface area contributed by atoms with Crippen molar-refractivity contribution >= 4 is 34.8 Å². The average Bonchev–Trinajstić information content (AvgIpc) is 2.55. The van der Waals surface area contributed by atoms with Gasteiger partial charge >= 0.3 is 0 Å². The van der Waals surface area contributed by atoms with Crippen LogP contribution in [-0.2, 0) is 17.8 Å². The molecular weight excluding hydrogens is 345 g/mol. The quantitative estimate of drug-likeness (QED) is 0.431. The third kappa shape index (κ3) is 5.71. The zero-order valence-electron chi connectivity index (χ0n) is 13.6. The smallest absolute Gasteiger partial charge is 0.193 e. The second-order valence-corrected chi connectivity index (χ2v) is 6.17. The van der Waals surface area contributed by atoms with Crippen LogP contribution >= 0.6 is 23.2 Å². The molecule has 0 atom stereocenters. The Morgan fingerprint density at radius 1 is 1.17 bits per heavy atom. The van der Waals surface area contributed by atoms with Gasteiger partial charge in [0, 0.05) is 35.0 Å². The highest BCUT2D eigenvalue weighted by Crippen LogP contribution is 2.22. The van der Waals surface area contributed by atoms with Gasteiger partial charge in [-0.25, -0.2) is 0 Å². The van der Waals surface area contributed by atoms with Crippen molar-refractivity contribution in [3.05, 3.63) is 63.6 Å². The van der Waals surface area contributed by atoms with Crippen LogP contribution in [0.2, 0.25) is 10.0 Å². The van der Waals surface area contributed by atoms with Gasteiger partial charge in [-0.2, -0.15) is 0 Å². The van der Waals surface area contributed by atoms with Gasteiger partial charge in [0.1, 0.15) is 0 Å². The van der Waals surface area contributed by atoms with E-state index in [4.69, 9.17) is 33.7 Å². The molecule has 0 amide bonds. The number of nitrogens with two attached hydrogens (primary N) is 1. The minimum Gasteiger partial charge on any atom is -0.380 e. The summed E-state index contributed by atoms with van der Waals surface area (Å²) in [5.41, 5.74) is 8.96. The van der Waals surface area contributed by atoms with Crippen molar-refractivity contribution in [1.29, 1.82) is 0 Å². The van der Waals surface area contributed by atoms with Gasteiger partial charge in [-0.15, -0.1) is 0 Å². The summed E-state index contributed by atoms with van der Waals surface area (Å²) in [4.78, 5) is 4.36. The molecule has 0 fully saturated rings. The molecule has 0 aliphatic carbocycles. The van der Waals surface area contributed by atoms with Gasteiger partial charge in [0.05, 0.1) is 6.61 Å². The Balaban J connectivity index is 1.86. The van der Waals surface area contributed by atoms with Crippen LogP contribution in [0.1, 0.15) is 17.5 Å². The summed E-state index contributed by atoms with van der Waals surface area (Å²) in [6, 6.07) is 13.4. The molecule has 0 aromatic heterocycles. The van der Waals surface area contributed by atoms with Gasteiger partial charge in [-0.1, -0.05) is 47.5 Å². The van der Waals surface area contributed by atoms with E-state index in [-0.39, 0.29) is 0 Å². The molecule has 2 aromatic rings. The van der Waals surface area contributed by atoms with Crippen LogP contribution < -0.4 is 11.1 Å². The molecule has 0 aliphatic heterocycles. The summed E-state index contributed by atoms with van der Waals surface area (Å²) >= 11 is 12.0. The first-order valence-electron chi connectivity index (χ1n) is 7.68. The number of aliphatic imine (C=N–C) groups is 1. The average molecular weight is 366 g/mol. The Morgan fingerprint density at radius 3 is 2.71 bits per heavy atom. The minimum absolute atomic E-state index is 0.390. The number of aryl methyl sites for hydroxylation is 1. The van der Waals surface area contributed by atoms with Crippen molar-refractivity contribution in [1.82, 2.24) is 0 Å². The van der Waals surface area contributed by atoms with Crippen molar-refractivity contribution in [2.24, 2.45) is 10.7 Å². The van der Waals surface area contributed by atoms with E-state index in [1.165, 1.54) is 0 Å². The number of halogens is 2. The zero-order chi connectivity index (χ0) is 17.4. The number of methoxy groups -OCH3 is 1. The molecule has 6 heteroatoms. The predicted octanol–water partition coefficient (Wildman–Crippen LogP) is 4.50. The van der Waals surface area contributed by atoms with Crippen LogP contribution in [0.15, 0.2) is 47.5 Å². The summed E-state index contributed by atoms with van der Waals surface area (Å²) in [7, 11) is 1.66. The van der Waals surface area contributed by atoms with Gasteiger partial charge in [-0.3, -0.25) is 4.99 Å². The Bertz CT molecular complexity index is 704. The maximum Gasteiger partial charge on any atom is 0.193 e. The van der Waals surface area contributed by atoms with E-state index in [9.17, 15) is 0 Å². The monoisotopic (exact) mass is 365 g/mol. The summed E-state index contributed by atoms with van der Waals surface area (Å²) in [6.07, 6.45) is 1.68. The molecule has 128 valence electrons. The van der Waals surface area contributed by atoms with E-state index in [2.05, 4.69) is 10.3 Å². The molecular formula is C18H21Cl2N3O. The summed E-state index contributed by atoms with van der Waals surface area (Å²) in [5, 5.41) is 4.45. The summed E-state index contributed by atoms with van der Waals surface area (Å²) in [5.74, 6) is 0.390. The van der Waals surface area contributed by atoms with E-state index in [1.54, 1.807) is 13.2 Å². The van der Waals surface area contributed by atoms with Gasteiger partial charge in [0.25, 0.3) is 0 Å². The Labute approximate surface area is 152 Å². The number of hydrogen-bond donors (Lipinski definition) is 2. The molecule has 24 heavy (non-hydrogen) atoms. The van der Waals surface area contributed by atoms with Crippen molar-refractivity contribution in [2.45, 2.75) is 19.4 Å². The maximum atomic E-state index is 6.16. The number of ether oxygens (including phenoxy) is 1. The molecule has 0 radical (unpaired) electrons. The number of rotatable bonds is 7. The van der Waals surface area contributed by atoms with E-state index in [1.807, 2.05) is 36.4 Å². The Kier molecular flexibility index (Phi) is 7.37. The van der Waals surface area contributed by atoms with Crippen molar-refractivity contribution in [2.75, 3.05) is 19.0 Å². The molecule has 0 saturated carbocycles. The molecule has 2 rings (SSSR count). The molecule has 0 saturated heterocycles. The lowest BCUT2D eigenvalue weighted by Crippen LogP contribution is -2.23. The van der Waals surface area contributed by atoms with Gasteiger partial charge in [0.2, 0.25) is 0 Å². The molecule has 0 heterocycles. The van der Waals surface area contributed by atoms with E-state index in [0.29, 0.717) is 29.2 Å². The third-order valence-corrected chi connectivity index (χ3v) is 4.07. The fraction of sp³-hybridized carbons (Fsp3) is 0.278. The van der Waals surface area contributed by atoms with Crippen molar-refractivity contribution in [3.8, 4) is 0 Å². The SMILES string of the molecule is COCc1ccccc1NC(N)=NCCCc1ccc(Cl)cc1Cl. The maximum absolute atomic E-state index is 6.16. The number of guanidine groups is 1. The summed E-state index contributed by atoms with van der Waals surface area (Å²) in [6.45, 7) is 1.13. The summed E-state index contributed by atoms with van der Waals surface area (Å²) < 4.78 is 5.17. The third-order valence-electron chi connectivity index (χ3n) is 3.48. The number of anilines is 1. The van der Waals surface area contributed by atoms with E-state index < -0.39 is 0 Å². The number of hydrogen-bond acceptors (Lipinski definition) is 2. The Morgan fingerprint density at radius 2 is 1.96 bits per heavy atom. The molecule has 0 bridgehead atoms. The van der Waals surface area contributed by atoms with Crippen LogP contribution in [0.25, 0.3) is 0 Å². The molecule has 2 aromatic carbocycles. The normalized spacial score (nSPS) is 11.5. The minimum atomic E-state index is 0.390. The van der Waals surface area contributed by atoms with E-state index in [0.717, 1.165) is 29.7 Å². The highest BCUT2D eigenvalue weighted by atomic mass is 35.5. The topological polar surface area (TPSA) is 59.6 Å². The second kappa shape index (κ2) is 9.52. The lowest BCUT2D eigenvalue weighted by molar-refractivity contribution is 0.185. The predicted molar refractivity (Wildman–Crippen MR) is 102 cm³/mol. The second-order valence-electron chi connectivity index (χ2n) is 5.32. The van der Waals surface area contributed by atoms with Crippen molar-refractivity contribution < 1.29 is 4.74 Å². The molecule has 4 nitrogen and oxygen atoms in total.